The first-order valence-corrected chi connectivity index (χ1v) is 12.8. The molecule has 1 N–H and O–H groups in total. The Balaban J connectivity index is 1.88. The number of benzene rings is 1. The molecule has 36 heavy (non-hydrogen) atoms. The second-order valence-electron chi connectivity index (χ2n) is 9.40. The molecule has 2 heterocycles. The molecule has 1 aliphatic heterocycles. The topological polar surface area (TPSA) is 137 Å². The second kappa shape index (κ2) is 9.69. The molecule has 1 aromatic heterocycles. The summed E-state index contributed by atoms with van der Waals surface area (Å²) in [6.07, 6.45) is -0.623. The van der Waals surface area contributed by atoms with Gasteiger partial charge < -0.3 is 14.2 Å². The van der Waals surface area contributed by atoms with Crippen LogP contribution in [0.2, 0.25) is 5.02 Å². The van der Waals surface area contributed by atoms with Crippen molar-refractivity contribution in [3.8, 4) is 5.69 Å². The number of carbonyl (C=O) groups is 2. The normalized spacial score (nSPS) is 16.2. The van der Waals surface area contributed by atoms with Crippen molar-refractivity contribution < 1.29 is 27.1 Å². The molecule has 1 fully saturated rings. The van der Waals surface area contributed by atoms with Crippen molar-refractivity contribution in [1.29, 1.82) is 0 Å². The lowest BCUT2D eigenvalue weighted by atomic mass is 10.1. The maximum Gasteiger partial charge on any atom is 0.410 e. The zero-order chi connectivity index (χ0) is 27.2. The molecule has 2 aromatic rings. The third-order valence-corrected chi connectivity index (χ3v) is 7.60. The van der Waals surface area contributed by atoms with Gasteiger partial charge in [0.15, 0.2) is 0 Å². The van der Waals surface area contributed by atoms with E-state index in [1.165, 1.54) is 18.9 Å². The number of halogens is 2. The number of likely N-dealkylation sites (tertiary alicyclic amines) is 1. The van der Waals surface area contributed by atoms with E-state index in [-0.39, 0.29) is 19.5 Å². The lowest BCUT2D eigenvalue weighted by molar-refractivity contribution is 0.0295. The Hall–Kier alpha value is -3.19. The van der Waals surface area contributed by atoms with Gasteiger partial charge in [-0.25, -0.2) is 31.7 Å². The van der Waals surface area contributed by atoms with Crippen LogP contribution < -0.4 is 16.0 Å². The summed E-state index contributed by atoms with van der Waals surface area (Å²) >= 11 is 6.00. The number of rotatable bonds is 4. The molecule has 0 radical (unpaired) electrons. The van der Waals surface area contributed by atoms with Crippen LogP contribution in [0.25, 0.3) is 5.69 Å². The third-order valence-electron chi connectivity index (χ3n) is 5.55. The van der Waals surface area contributed by atoms with E-state index >= 15 is 0 Å². The summed E-state index contributed by atoms with van der Waals surface area (Å²) in [4.78, 5) is 51.3. The van der Waals surface area contributed by atoms with Crippen LogP contribution in [-0.2, 0) is 21.8 Å². The third kappa shape index (κ3) is 5.62. The molecule has 14 heteroatoms. The van der Waals surface area contributed by atoms with Gasteiger partial charge in [0.05, 0.1) is 21.5 Å². The lowest BCUT2D eigenvalue weighted by Gasteiger charge is -2.24. The van der Waals surface area contributed by atoms with E-state index in [0.717, 1.165) is 16.7 Å². The number of hydrogen-bond acceptors (Lipinski definition) is 7. The number of sulfonamides is 1. The van der Waals surface area contributed by atoms with Crippen LogP contribution in [0.1, 0.15) is 43.2 Å². The Morgan fingerprint density at radius 2 is 1.83 bits per heavy atom. The fraction of sp³-hybridized carbons (Fsp3) is 0.455. The van der Waals surface area contributed by atoms with Gasteiger partial charge in [0.2, 0.25) is 10.0 Å². The highest BCUT2D eigenvalue weighted by Crippen LogP contribution is 2.24. The first-order valence-electron chi connectivity index (χ1n) is 10.8. The predicted molar refractivity (Wildman–Crippen MR) is 130 cm³/mol. The standard InChI is InChI=1S/C22H26ClFN4O7S/c1-12-8-18(29)28(20(31)26(12)5)17-9-14(15(23)10-16(17)24)19(30)25-36(33,34)13-6-7-27(11-13)21(32)35-22(2,3)4/h8-10,13H,6-7,11H2,1-5H3,(H,25,30). The number of nitrogens with one attached hydrogen (secondary N) is 1. The molecule has 1 aromatic carbocycles. The van der Waals surface area contributed by atoms with E-state index in [1.54, 1.807) is 20.8 Å². The first kappa shape index (κ1) is 27.4. The summed E-state index contributed by atoms with van der Waals surface area (Å²) in [5, 5.41) is -1.54. The summed E-state index contributed by atoms with van der Waals surface area (Å²) in [5.74, 6) is -2.25. The fourth-order valence-corrected chi connectivity index (χ4v) is 5.14. The van der Waals surface area contributed by atoms with Crippen molar-refractivity contribution in [2.75, 3.05) is 13.1 Å². The van der Waals surface area contributed by atoms with Gasteiger partial charge in [-0.3, -0.25) is 9.59 Å². The SMILES string of the molecule is Cc1cc(=O)n(-c2cc(C(=O)NS(=O)(=O)C3CCN(C(=O)OC(C)(C)C)C3)c(Cl)cc2F)c(=O)n1C. The average Bonchev–Trinajstić information content (AvgIpc) is 3.23. The van der Waals surface area contributed by atoms with Crippen LogP contribution in [0.3, 0.4) is 0 Å². The Labute approximate surface area is 211 Å². The van der Waals surface area contributed by atoms with Gasteiger partial charge in [0, 0.05) is 31.9 Å². The van der Waals surface area contributed by atoms with Crippen LogP contribution in [0, 0.1) is 12.7 Å². The summed E-state index contributed by atoms with van der Waals surface area (Å²) in [7, 11) is -2.91. The van der Waals surface area contributed by atoms with E-state index in [2.05, 4.69) is 0 Å². The van der Waals surface area contributed by atoms with Crippen LogP contribution >= 0.6 is 11.6 Å². The molecule has 1 unspecified atom stereocenters. The van der Waals surface area contributed by atoms with Gasteiger partial charge in [-0.2, -0.15) is 0 Å². The van der Waals surface area contributed by atoms with Crippen molar-refractivity contribution in [3.63, 3.8) is 0 Å². The zero-order valence-corrected chi connectivity index (χ0v) is 21.9. The molecule has 3 rings (SSSR count). The Bertz CT molecular complexity index is 1460. The molecule has 0 spiro atoms. The molecule has 0 aliphatic carbocycles. The first-order chi connectivity index (χ1) is 16.5. The fourth-order valence-electron chi connectivity index (χ4n) is 3.58. The molecular weight excluding hydrogens is 519 g/mol. The minimum Gasteiger partial charge on any atom is -0.444 e. The highest BCUT2D eigenvalue weighted by atomic mass is 35.5. The van der Waals surface area contributed by atoms with E-state index in [9.17, 15) is 32.0 Å². The number of aromatic nitrogens is 2. The van der Waals surface area contributed by atoms with E-state index in [0.29, 0.717) is 16.3 Å². The quantitative estimate of drug-likeness (QED) is 0.618. The van der Waals surface area contributed by atoms with Crippen molar-refractivity contribution in [2.45, 2.75) is 45.0 Å². The van der Waals surface area contributed by atoms with Crippen LogP contribution in [0.5, 0.6) is 0 Å². The van der Waals surface area contributed by atoms with E-state index in [4.69, 9.17) is 16.3 Å². The summed E-state index contributed by atoms with van der Waals surface area (Å²) in [5.41, 5.74) is -3.17. The van der Waals surface area contributed by atoms with E-state index in [1.807, 2.05) is 4.72 Å². The zero-order valence-electron chi connectivity index (χ0n) is 20.3. The molecular formula is C22H26ClFN4O7S. The number of nitrogens with zero attached hydrogens (tertiary/aromatic N) is 3. The number of ether oxygens (including phenoxy) is 1. The van der Waals surface area contributed by atoms with Crippen molar-refractivity contribution in [2.24, 2.45) is 7.05 Å². The molecule has 1 saturated heterocycles. The lowest BCUT2D eigenvalue weighted by Crippen LogP contribution is -2.42. The number of hydrogen-bond donors (Lipinski definition) is 1. The van der Waals surface area contributed by atoms with Gasteiger partial charge in [-0.1, -0.05) is 11.6 Å². The Morgan fingerprint density at radius 1 is 1.19 bits per heavy atom. The smallest absolute Gasteiger partial charge is 0.410 e. The highest BCUT2D eigenvalue weighted by Gasteiger charge is 2.38. The van der Waals surface area contributed by atoms with Crippen molar-refractivity contribution in [1.82, 2.24) is 18.8 Å². The average molecular weight is 545 g/mol. The Kier molecular flexibility index (Phi) is 7.38. The summed E-state index contributed by atoms with van der Waals surface area (Å²) in [6.45, 7) is 6.45. The van der Waals surface area contributed by atoms with Crippen LogP contribution in [0.15, 0.2) is 27.8 Å². The summed E-state index contributed by atoms with van der Waals surface area (Å²) < 4.78 is 49.2. The molecule has 1 aliphatic rings. The van der Waals surface area contributed by atoms with Crippen LogP contribution in [-0.4, -0.2) is 58.4 Å². The minimum atomic E-state index is -4.29. The largest absolute Gasteiger partial charge is 0.444 e. The van der Waals surface area contributed by atoms with Crippen LogP contribution in [0.4, 0.5) is 9.18 Å². The number of carbonyl (C=O) groups excluding carboxylic acids is 2. The van der Waals surface area contributed by atoms with E-state index < -0.39 is 66.2 Å². The van der Waals surface area contributed by atoms with Gasteiger partial charge >= 0.3 is 11.8 Å². The minimum absolute atomic E-state index is 0.0546. The molecule has 1 atom stereocenters. The monoisotopic (exact) mass is 544 g/mol. The van der Waals surface area contributed by atoms with Gasteiger partial charge in [0.25, 0.3) is 11.5 Å². The van der Waals surface area contributed by atoms with Gasteiger partial charge in [-0.15, -0.1) is 0 Å². The molecule has 196 valence electrons. The molecule has 0 saturated carbocycles. The van der Waals surface area contributed by atoms with Crippen molar-refractivity contribution >= 4 is 33.6 Å². The molecule has 11 nitrogen and oxygen atoms in total. The van der Waals surface area contributed by atoms with Crippen molar-refractivity contribution in [3.05, 3.63) is 61.1 Å². The second-order valence-corrected chi connectivity index (χ2v) is 11.8. The highest BCUT2D eigenvalue weighted by molar-refractivity contribution is 7.90. The van der Waals surface area contributed by atoms with Gasteiger partial charge in [-0.05, 0) is 46.2 Å². The predicted octanol–water partition coefficient (Wildman–Crippen LogP) is 1.71. The number of amides is 2. The molecule has 0 bridgehead atoms. The Morgan fingerprint density at radius 3 is 2.44 bits per heavy atom. The summed E-state index contributed by atoms with van der Waals surface area (Å²) in [6, 6.07) is 2.66. The maximum absolute atomic E-state index is 14.7. The van der Waals surface area contributed by atoms with Gasteiger partial charge in [0.1, 0.15) is 11.4 Å². The number of aryl methyl sites for hydroxylation is 1. The maximum atomic E-state index is 14.7. The molecule has 2 amide bonds.